The van der Waals surface area contributed by atoms with Crippen LogP contribution in [0.5, 0.6) is 0 Å². The second kappa shape index (κ2) is 13.8. The molecule has 0 unspecified atom stereocenters. The second-order valence-electron chi connectivity index (χ2n) is 10.6. The molecule has 2 aromatic heterocycles. The van der Waals surface area contributed by atoms with Crippen LogP contribution in [0.15, 0.2) is 47.6 Å². The van der Waals surface area contributed by atoms with Gasteiger partial charge in [-0.05, 0) is 68.1 Å². The van der Waals surface area contributed by atoms with Crippen LogP contribution in [0.1, 0.15) is 30.7 Å². The van der Waals surface area contributed by atoms with Crippen LogP contribution in [0, 0.1) is 12.5 Å². The lowest BCUT2D eigenvalue weighted by atomic mass is 9.97. The van der Waals surface area contributed by atoms with Gasteiger partial charge in [-0.25, -0.2) is 14.8 Å². The first-order valence-corrected chi connectivity index (χ1v) is 15.2. The quantitative estimate of drug-likeness (QED) is 0.153. The molecule has 0 saturated carbocycles. The highest BCUT2D eigenvalue weighted by Crippen LogP contribution is 2.35. The Morgan fingerprint density at radius 2 is 1.73 bits per heavy atom. The fourth-order valence-corrected chi connectivity index (χ4v) is 6.11. The molecule has 5 rings (SSSR count). The maximum atomic E-state index is 12.9. The third-order valence-corrected chi connectivity index (χ3v) is 8.58. The number of rotatable bonds is 9. The Kier molecular flexibility index (Phi) is 9.67. The van der Waals surface area contributed by atoms with Gasteiger partial charge in [0, 0.05) is 56.3 Å². The minimum atomic E-state index is 0.150. The van der Waals surface area contributed by atoms with Crippen LogP contribution < -0.4 is 16.8 Å². The summed E-state index contributed by atoms with van der Waals surface area (Å²) < 4.78 is 0. The topological polar surface area (TPSA) is 131 Å². The minimum Gasteiger partial charge on any atom is -0.399 e. The highest BCUT2D eigenvalue weighted by Gasteiger charge is 2.24. The van der Waals surface area contributed by atoms with Crippen LogP contribution in [0.3, 0.4) is 0 Å². The van der Waals surface area contributed by atoms with E-state index in [0.717, 1.165) is 68.7 Å². The van der Waals surface area contributed by atoms with Crippen LogP contribution in [0.2, 0.25) is 0 Å². The lowest BCUT2D eigenvalue weighted by Gasteiger charge is -2.37. The number of pyridine rings is 1. The van der Waals surface area contributed by atoms with Crippen molar-refractivity contribution in [2.45, 2.75) is 36.6 Å². The van der Waals surface area contributed by atoms with Gasteiger partial charge in [0.1, 0.15) is 5.82 Å². The molecule has 11 heteroatoms. The van der Waals surface area contributed by atoms with Crippen molar-refractivity contribution < 1.29 is 4.79 Å². The number of piperidine rings is 1. The molecule has 5 N–H and O–H groups in total. The van der Waals surface area contributed by atoms with Gasteiger partial charge < -0.3 is 21.7 Å². The highest BCUT2D eigenvalue weighted by atomic mass is 32.2. The molecule has 0 aliphatic carbocycles. The average molecular weight is 572 g/mol. The van der Waals surface area contributed by atoms with Gasteiger partial charge in [-0.2, -0.15) is 0 Å². The Morgan fingerprint density at radius 1 is 1.00 bits per heavy atom. The van der Waals surface area contributed by atoms with Crippen molar-refractivity contribution in [2.75, 3.05) is 57.3 Å². The van der Waals surface area contributed by atoms with E-state index in [1.54, 1.807) is 12.1 Å². The average Bonchev–Trinajstić information content (AvgIpc) is 3.00. The number of aryl methyl sites for hydroxylation is 1. The Labute approximate surface area is 245 Å². The Hall–Kier alpha value is -3.72. The summed E-state index contributed by atoms with van der Waals surface area (Å²) in [5.41, 5.74) is 15.8. The molecule has 2 aliphatic heterocycles. The fraction of sp³-hybridized carbons (Fsp3) is 0.433. The Morgan fingerprint density at radius 3 is 2.46 bits per heavy atom. The number of benzene rings is 1. The number of piperazine rings is 1. The maximum Gasteiger partial charge on any atom is 0.253 e. The molecular formula is C30H37N9OS. The predicted octanol–water partition coefficient (Wildman–Crippen LogP) is 3.62. The molecule has 10 nitrogen and oxygen atoms in total. The molecule has 0 radical (unpaired) electrons. The molecule has 214 valence electrons. The zero-order valence-electron chi connectivity index (χ0n) is 23.3. The molecule has 1 aromatic carbocycles. The van der Waals surface area contributed by atoms with Crippen LogP contribution in [0.25, 0.3) is 16.1 Å². The number of aromatic nitrogens is 3. The maximum absolute atomic E-state index is 12.9. The van der Waals surface area contributed by atoms with Gasteiger partial charge in [0.2, 0.25) is 5.91 Å². The van der Waals surface area contributed by atoms with Crippen molar-refractivity contribution in [3.05, 3.63) is 65.3 Å². The summed E-state index contributed by atoms with van der Waals surface area (Å²) in [5.74, 6) is 1.67. The van der Waals surface area contributed by atoms with Gasteiger partial charge in [-0.3, -0.25) is 14.7 Å². The number of amides is 1. The molecule has 4 heterocycles. The van der Waals surface area contributed by atoms with E-state index in [2.05, 4.69) is 25.0 Å². The van der Waals surface area contributed by atoms with E-state index in [-0.39, 0.29) is 17.4 Å². The van der Waals surface area contributed by atoms with Gasteiger partial charge in [-0.1, -0.05) is 30.0 Å². The Balaban J connectivity index is 1.13. The molecule has 41 heavy (non-hydrogen) atoms. The molecule has 2 fully saturated rings. The van der Waals surface area contributed by atoms with Crippen molar-refractivity contribution >= 4 is 34.9 Å². The molecule has 0 bridgehead atoms. The molecule has 1 amide bonds. The third-order valence-electron chi connectivity index (χ3n) is 7.70. The van der Waals surface area contributed by atoms with Crippen molar-refractivity contribution in [3.8, 4) is 11.3 Å². The summed E-state index contributed by atoms with van der Waals surface area (Å²) in [5, 5.41) is 3.91. The molecular weight excluding hydrogens is 534 g/mol. The van der Waals surface area contributed by atoms with Crippen LogP contribution in [0.4, 0.5) is 17.2 Å². The number of nitrogens with zero attached hydrogens (tertiary/aromatic N) is 6. The number of carbonyl (C=O) groups excluding carboxylic acids is 1. The van der Waals surface area contributed by atoms with E-state index in [1.807, 2.05) is 35.2 Å². The first kappa shape index (κ1) is 28.8. The fourth-order valence-electron chi connectivity index (χ4n) is 5.36. The zero-order chi connectivity index (χ0) is 28.6. The first-order chi connectivity index (χ1) is 20.0. The Bertz CT molecular complexity index is 1380. The SMILES string of the molecule is [C-]#[N+]c1c(N)nc(SCc2cccc(CCC(=O)N3CCN(CC4CCNCC4)CC3)n2)nc1-c1ccc(N)cc1. The van der Waals surface area contributed by atoms with Crippen LogP contribution in [-0.4, -0.2) is 76.5 Å². The summed E-state index contributed by atoms with van der Waals surface area (Å²) in [6, 6.07) is 13.1. The zero-order valence-corrected chi connectivity index (χ0v) is 24.1. The van der Waals surface area contributed by atoms with Gasteiger partial charge in [0.15, 0.2) is 5.16 Å². The van der Waals surface area contributed by atoms with Crippen molar-refractivity contribution in [3.63, 3.8) is 0 Å². The van der Waals surface area contributed by atoms with E-state index in [9.17, 15) is 4.79 Å². The summed E-state index contributed by atoms with van der Waals surface area (Å²) in [6.45, 7) is 14.5. The van der Waals surface area contributed by atoms with Crippen molar-refractivity contribution in [1.82, 2.24) is 30.1 Å². The number of thioether (sulfide) groups is 1. The smallest absolute Gasteiger partial charge is 0.253 e. The summed E-state index contributed by atoms with van der Waals surface area (Å²) in [7, 11) is 0. The van der Waals surface area contributed by atoms with E-state index in [1.165, 1.54) is 24.6 Å². The lowest BCUT2D eigenvalue weighted by Crippen LogP contribution is -2.50. The van der Waals surface area contributed by atoms with E-state index < -0.39 is 0 Å². The molecule has 2 saturated heterocycles. The van der Waals surface area contributed by atoms with Gasteiger partial charge in [-0.15, -0.1) is 0 Å². The van der Waals surface area contributed by atoms with Crippen molar-refractivity contribution in [2.24, 2.45) is 5.92 Å². The van der Waals surface area contributed by atoms with Gasteiger partial charge in [0.25, 0.3) is 5.69 Å². The lowest BCUT2D eigenvalue weighted by molar-refractivity contribution is -0.133. The summed E-state index contributed by atoms with van der Waals surface area (Å²) >= 11 is 1.41. The highest BCUT2D eigenvalue weighted by molar-refractivity contribution is 7.98. The minimum absolute atomic E-state index is 0.150. The van der Waals surface area contributed by atoms with Crippen LogP contribution in [-0.2, 0) is 17.0 Å². The molecule has 2 aliphatic rings. The summed E-state index contributed by atoms with van der Waals surface area (Å²) in [6.07, 6.45) is 3.57. The largest absolute Gasteiger partial charge is 0.399 e. The van der Waals surface area contributed by atoms with Gasteiger partial charge >= 0.3 is 0 Å². The second-order valence-corrected chi connectivity index (χ2v) is 11.5. The number of nitrogens with two attached hydrogens (primary N) is 2. The molecule has 3 aromatic rings. The monoisotopic (exact) mass is 571 g/mol. The standard InChI is InChI=1S/C30H37N9OS/c1-33-28-27(22-5-7-23(31)8-6-22)36-30(37-29(28)32)41-20-25-4-2-3-24(35-25)9-10-26(40)39-17-15-38(16-18-39)19-21-11-13-34-14-12-21/h2-8,21,34H,9-20,31H2,(H2,32,36,37). The number of anilines is 2. The number of nitrogen functional groups attached to an aromatic ring is 2. The third kappa shape index (κ3) is 7.73. The van der Waals surface area contributed by atoms with E-state index >= 15 is 0 Å². The first-order valence-electron chi connectivity index (χ1n) is 14.2. The summed E-state index contributed by atoms with van der Waals surface area (Å²) in [4.78, 5) is 34.7. The normalized spacial score (nSPS) is 16.4. The van der Waals surface area contributed by atoms with E-state index in [0.29, 0.717) is 35.1 Å². The van der Waals surface area contributed by atoms with Crippen LogP contribution >= 0.6 is 11.8 Å². The van der Waals surface area contributed by atoms with Gasteiger partial charge in [0.05, 0.1) is 18.0 Å². The molecule has 0 spiro atoms. The number of carbonyl (C=O) groups is 1. The van der Waals surface area contributed by atoms with Crippen molar-refractivity contribution in [1.29, 1.82) is 0 Å². The number of hydrogen-bond acceptors (Lipinski definition) is 9. The predicted molar refractivity (Wildman–Crippen MR) is 163 cm³/mol. The molecule has 0 atom stereocenters. The van der Waals surface area contributed by atoms with E-state index in [4.69, 9.17) is 23.0 Å². The number of nitrogens with one attached hydrogen (secondary N) is 1. The number of hydrogen-bond donors (Lipinski definition) is 3.